The molecule has 9 heteroatoms. The quantitative estimate of drug-likeness (QED) is 0.203. The van der Waals surface area contributed by atoms with E-state index in [2.05, 4.69) is 4.52 Å². The molecule has 2 atom stereocenters. The van der Waals surface area contributed by atoms with Crippen LogP contribution in [0.25, 0.3) is 0 Å². The average molecular weight is 382 g/mol. The van der Waals surface area contributed by atoms with Crippen LogP contribution in [0.3, 0.4) is 0 Å². The van der Waals surface area contributed by atoms with Gasteiger partial charge in [-0.25, -0.2) is 9.09 Å². The molecule has 0 spiro atoms. The number of ether oxygens (including phenoxy) is 2. The lowest BCUT2D eigenvalue weighted by Gasteiger charge is -2.22. The Morgan fingerprint density at radius 1 is 0.920 bits per heavy atom. The molecule has 0 amide bonds. The second-order valence-corrected chi connectivity index (χ2v) is 7.16. The molecule has 0 aliphatic rings. The topological polar surface area (TPSA) is 119 Å². The number of hydrogen-bond donors (Lipinski definition) is 2. The normalized spacial score (nSPS) is 14.0. The molecule has 0 radical (unpaired) electrons. The molecule has 0 saturated carbocycles. The Morgan fingerprint density at radius 2 is 1.40 bits per heavy atom. The van der Waals surface area contributed by atoms with Gasteiger partial charge in [0.25, 0.3) is 0 Å². The third kappa shape index (κ3) is 15.1. The third-order valence-electron chi connectivity index (χ3n) is 3.34. The van der Waals surface area contributed by atoms with Crippen molar-refractivity contribution in [3.05, 3.63) is 0 Å². The Kier molecular flexibility index (Phi) is 12.8. The van der Waals surface area contributed by atoms with Crippen molar-refractivity contribution in [2.45, 2.75) is 91.0 Å². The van der Waals surface area contributed by atoms with Gasteiger partial charge < -0.3 is 19.3 Å². The first-order valence-corrected chi connectivity index (χ1v) is 10.3. The Balaban J connectivity index is 4.48. The van der Waals surface area contributed by atoms with Gasteiger partial charge in [-0.2, -0.15) is 0 Å². The van der Waals surface area contributed by atoms with Crippen LogP contribution >= 0.6 is 7.82 Å². The van der Waals surface area contributed by atoms with Gasteiger partial charge in [0.15, 0.2) is 0 Å². The molecular formula is C16H31O8P. The van der Waals surface area contributed by atoms with Gasteiger partial charge >= 0.3 is 19.8 Å². The lowest BCUT2D eigenvalue weighted by atomic mass is 10.2. The zero-order valence-electron chi connectivity index (χ0n) is 15.3. The molecule has 148 valence electrons. The summed E-state index contributed by atoms with van der Waals surface area (Å²) >= 11 is 0. The zero-order chi connectivity index (χ0) is 19.3. The fourth-order valence-corrected chi connectivity index (χ4v) is 2.55. The molecule has 0 aliphatic carbocycles. The molecule has 0 aromatic rings. The summed E-state index contributed by atoms with van der Waals surface area (Å²) in [6.45, 7) is 5.56. The van der Waals surface area contributed by atoms with E-state index < -0.39 is 32.2 Å². The molecule has 0 rings (SSSR count). The highest BCUT2D eigenvalue weighted by atomic mass is 31.2. The van der Waals surface area contributed by atoms with Crippen LogP contribution in [0.15, 0.2) is 0 Å². The number of carbonyl (C=O) groups is 2. The molecular weight excluding hydrogens is 351 g/mol. The summed E-state index contributed by atoms with van der Waals surface area (Å²) in [4.78, 5) is 41.3. The summed E-state index contributed by atoms with van der Waals surface area (Å²) in [7, 11) is -4.84. The molecule has 0 saturated heterocycles. The van der Waals surface area contributed by atoms with Crippen LogP contribution in [0.4, 0.5) is 0 Å². The summed E-state index contributed by atoms with van der Waals surface area (Å²) in [5.41, 5.74) is 0. The minimum absolute atomic E-state index is 0.139. The van der Waals surface area contributed by atoms with E-state index in [0.717, 1.165) is 32.1 Å². The van der Waals surface area contributed by atoms with Gasteiger partial charge in [0.2, 0.25) is 6.29 Å². The molecule has 8 nitrogen and oxygen atoms in total. The van der Waals surface area contributed by atoms with Crippen molar-refractivity contribution in [1.29, 1.82) is 0 Å². The van der Waals surface area contributed by atoms with Crippen LogP contribution in [-0.4, -0.2) is 34.1 Å². The van der Waals surface area contributed by atoms with E-state index in [1.807, 2.05) is 13.8 Å². The van der Waals surface area contributed by atoms with Crippen molar-refractivity contribution in [2.24, 2.45) is 0 Å². The third-order valence-corrected chi connectivity index (χ3v) is 3.85. The highest BCUT2D eigenvalue weighted by molar-refractivity contribution is 7.46. The lowest BCUT2D eigenvalue weighted by molar-refractivity contribution is -0.172. The number of carbonyl (C=O) groups excluding carboxylic acids is 2. The van der Waals surface area contributed by atoms with Crippen molar-refractivity contribution in [2.75, 3.05) is 0 Å². The smallest absolute Gasteiger partial charge is 0.462 e. The van der Waals surface area contributed by atoms with E-state index >= 15 is 0 Å². The van der Waals surface area contributed by atoms with Crippen LogP contribution in [0.2, 0.25) is 0 Å². The Bertz CT molecular complexity index is 434. The number of hydrogen-bond acceptors (Lipinski definition) is 6. The van der Waals surface area contributed by atoms with Gasteiger partial charge in [0.1, 0.15) is 6.10 Å². The van der Waals surface area contributed by atoms with Crippen molar-refractivity contribution in [1.82, 2.24) is 0 Å². The van der Waals surface area contributed by atoms with Crippen molar-refractivity contribution >= 4 is 19.8 Å². The molecule has 0 bridgehead atoms. The Morgan fingerprint density at radius 3 is 1.84 bits per heavy atom. The summed E-state index contributed by atoms with van der Waals surface area (Å²) in [6, 6.07) is 0. The number of phosphoric acid groups is 1. The molecule has 0 fully saturated rings. The van der Waals surface area contributed by atoms with Crippen molar-refractivity contribution < 1.29 is 37.9 Å². The Labute approximate surface area is 149 Å². The van der Waals surface area contributed by atoms with Crippen molar-refractivity contribution in [3.63, 3.8) is 0 Å². The lowest BCUT2D eigenvalue weighted by Crippen LogP contribution is -2.27. The minimum Gasteiger partial charge on any atom is -0.462 e. The number of esters is 2. The SMILES string of the molecule is CCCCCC(=O)OC(C)CC(OC(=O)CCCCC)OP(=O)(O)O. The first kappa shape index (κ1) is 24.1. The fourth-order valence-electron chi connectivity index (χ4n) is 2.11. The van der Waals surface area contributed by atoms with E-state index in [1.54, 1.807) is 6.92 Å². The highest BCUT2D eigenvalue weighted by Gasteiger charge is 2.28. The maximum atomic E-state index is 11.7. The van der Waals surface area contributed by atoms with E-state index in [0.29, 0.717) is 6.42 Å². The van der Waals surface area contributed by atoms with Gasteiger partial charge in [0, 0.05) is 19.3 Å². The predicted octanol–water partition coefficient (Wildman–Crippen LogP) is 3.45. The van der Waals surface area contributed by atoms with Crippen molar-refractivity contribution in [3.8, 4) is 0 Å². The molecule has 2 unspecified atom stereocenters. The van der Waals surface area contributed by atoms with Gasteiger partial charge in [-0.1, -0.05) is 39.5 Å². The molecule has 0 heterocycles. The van der Waals surface area contributed by atoms with Crippen LogP contribution < -0.4 is 0 Å². The monoisotopic (exact) mass is 382 g/mol. The summed E-state index contributed by atoms with van der Waals surface area (Å²) in [5.74, 6) is -1.00. The Hall–Kier alpha value is -0.950. The van der Waals surface area contributed by atoms with E-state index in [4.69, 9.17) is 19.3 Å². The second kappa shape index (κ2) is 13.3. The largest absolute Gasteiger partial charge is 0.472 e. The van der Waals surface area contributed by atoms with Gasteiger partial charge in [0.05, 0.1) is 0 Å². The summed E-state index contributed by atoms with van der Waals surface area (Å²) < 4.78 is 25.7. The standard InChI is InChI=1S/C16H31O8P/c1-4-6-8-10-14(17)22-13(3)12-16(24-25(19,20)21)23-15(18)11-9-7-5-2/h13,16H,4-12H2,1-3H3,(H2,19,20,21). The number of phosphoric ester groups is 1. The van der Waals surface area contributed by atoms with Crippen LogP contribution in [0, 0.1) is 0 Å². The maximum Gasteiger partial charge on any atom is 0.472 e. The minimum atomic E-state index is -4.84. The van der Waals surface area contributed by atoms with Gasteiger partial charge in [-0.3, -0.25) is 9.59 Å². The van der Waals surface area contributed by atoms with E-state index in [9.17, 15) is 14.2 Å². The zero-order valence-corrected chi connectivity index (χ0v) is 16.2. The molecule has 0 aliphatic heterocycles. The van der Waals surface area contributed by atoms with E-state index in [1.165, 1.54) is 0 Å². The number of unbranched alkanes of at least 4 members (excludes halogenated alkanes) is 4. The summed E-state index contributed by atoms with van der Waals surface area (Å²) in [6.07, 6.45) is 3.13. The van der Waals surface area contributed by atoms with E-state index in [-0.39, 0.29) is 19.3 Å². The highest BCUT2D eigenvalue weighted by Crippen LogP contribution is 2.39. The van der Waals surface area contributed by atoms with Crippen LogP contribution in [0.1, 0.15) is 78.6 Å². The second-order valence-electron chi connectivity index (χ2n) is 5.97. The summed E-state index contributed by atoms with van der Waals surface area (Å²) in [5, 5.41) is 0. The molecule has 2 N–H and O–H groups in total. The number of rotatable bonds is 14. The van der Waals surface area contributed by atoms with Crippen LogP contribution in [-0.2, 0) is 28.2 Å². The predicted molar refractivity (Wildman–Crippen MR) is 91.5 cm³/mol. The molecule has 25 heavy (non-hydrogen) atoms. The van der Waals surface area contributed by atoms with Gasteiger partial charge in [-0.15, -0.1) is 0 Å². The fraction of sp³-hybridized carbons (Fsp3) is 0.875. The molecule has 0 aromatic carbocycles. The average Bonchev–Trinajstić information content (AvgIpc) is 2.45. The maximum absolute atomic E-state index is 11.7. The first-order valence-electron chi connectivity index (χ1n) is 8.80. The van der Waals surface area contributed by atoms with Crippen LogP contribution in [0.5, 0.6) is 0 Å². The van der Waals surface area contributed by atoms with Gasteiger partial charge in [-0.05, 0) is 19.8 Å². The first-order chi connectivity index (χ1) is 11.7. The molecule has 0 aromatic heterocycles.